The molecular formula is C9H15ClN2. The Morgan fingerprint density at radius 2 is 1.75 bits per heavy atom. The van der Waals surface area contributed by atoms with Crippen LogP contribution in [-0.4, -0.2) is 20.1 Å². The van der Waals surface area contributed by atoms with Gasteiger partial charge >= 0.3 is 0 Å². The highest BCUT2D eigenvalue weighted by Gasteiger charge is 1.85. The second-order valence-electron chi connectivity index (χ2n) is 2.40. The minimum absolute atomic E-state index is 0. The molecule has 0 aromatic heterocycles. The zero-order valence-electron chi connectivity index (χ0n) is 7.21. The van der Waals surface area contributed by atoms with Gasteiger partial charge in [-0.15, -0.1) is 12.4 Å². The normalized spacial score (nSPS) is 8.75. The van der Waals surface area contributed by atoms with Gasteiger partial charge < -0.3 is 10.6 Å². The van der Waals surface area contributed by atoms with Crippen LogP contribution in [0.5, 0.6) is 0 Å². The molecule has 0 heterocycles. The lowest BCUT2D eigenvalue weighted by Crippen LogP contribution is -2.17. The fourth-order valence-electron chi connectivity index (χ4n) is 0.888. The fraction of sp³-hybridized carbons (Fsp3) is 0.333. The second kappa shape index (κ2) is 6.95. The van der Waals surface area contributed by atoms with Crippen molar-refractivity contribution in [3.8, 4) is 0 Å². The molecule has 3 heteroatoms. The van der Waals surface area contributed by atoms with Crippen LogP contribution in [0.4, 0.5) is 5.69 Å². The number of anilines is 1. The van der Waals surface area contributed by atoms with Gasteiger partial charge in [0.1, 0.15) is 0 Å². The number of nitrogens with one attached hydrogen (secondary N) is 2. The monoisotopic (exact) mass is 186 g/mol. The molecule has 0 aliphatic rings. The highest BCUT2D eigenvalue weighted by atomic mass is 35.5. The Morgan fingerprint density at radius 1 is 1.08 bits per heavy atom. The SMILES string of the molecule is CNCCNc1ccccc1.Cl. The van der Waals surface area contributed by atoms with Crippen LogP contribution in [-0.2, 0) is 0 Å². The summed E-state index contributed by atoms with van der Waals surface area (Å²) in [5.74, 6) is 0. The van der Waals surface area contributed by atoms with E-state index >= 15 is 0 Å². The van der Waals surface area contributed by atoms with Gasteiger partial charge in [-0.2, -0.15) is 0 Å². The van der Waals surface area contributed by atoms with Crippen LogP contribution < -0.4 is 10.6 Å². The third-order valence-corrected chi connectivity index (χ3v) is 1.48. The number of hydrogen-bond acceptors (Lipinski definition) is 2. The van der Waals surface area contributed by atoms with Gasteiger partial charge in [0.05, 0.1) is 0 Å². The molecule has 2 nitrogen and oxygen atoms in total. The average Bonchev–Trinajstić information content (AvgIpc) is 2.07. The summed E-state index contributed by atoms with van der Waals surface area (Å²) in [6, 6.07) is 10.2. The first kappa shape index (κ1) is 11.3. The molecule has 68 valence electrons. The van der Waals surface area contributed by atoms with Crippen molar-refractivity contribution in [3.63, 3.8) is 0 Å². The summed E-state index contributed by atoms with van der Waals surface area (Å²) in [6.07, 6.45) is 0. The molecule has 1 rings (SSSR count). The summed E-state index contributed by atoms with van der Waals surface area (Å²) in [5.41, 5.74) is 1.18. The van der Waals surface area contributed by atoms with E-state index in [1.807, 2.05) is 25.2 Å². The van der Waals surface area contributed by atoms with Crippen LogP contribution in [0.1, 0.15) is 0 Å². The molecule has 0 amide bonds. The highest BCUT2D eigenvalue weighted by Crippen LogP contribution is 2.02. The third-order valence-electron chi connectivity index (χ3n) is 1.48. The summed E-state index contributed by atoms with van der Waals surface area (Å²) in [4.78, 5) is 0. The summed E-state index contributed by atoms with van der Waals surface area (Å²) in [5, 5.41) is 6.36. The predicted molar refractivity (Wildman–Crippen MR) is 56.1 cm³/mol. The number of likely N-dealkylation sites (N-methyl/N-ethyl adjacent to an activating group) is 1. The van der Waals surface area contributed by atoms with E-state index in [9.17, 15) is 0 Å². The Kier molecular flexibility index (Phi) is 6.53. The maximum absolute atomic E-state index is 3.28. The molecule has 0 aliphatic carbocycles. The van der Waals surface area contributed by atoms with E-state index in [0.29, 0.717) is 0 Å². The fourth-order valence-corrected chi connectivity index (χ4v) is 0.888. The predicted octanol–water partition coefficient (Wildman–Crippen LogP) is 1.74. The van der Waals surface area contributed by atoms with Crippen molar-refractivity contribution in [1.82, 2.24) is 5.32 Å². The van der Waals surface area contributed by atoms with Gasteiger partial charge in [-0.3, -0.25) is 0 Å². The number of halogens is 1. The van der Waals surface area contributed by atoms with E-state index in [0.717, 1.165) is 13.1 Å². The first-order chi connectivity index (χ1) is 5.43. The zero-order valence-corrected chi connectivity index (χ0v) is 8.03. The van der Waals surface area contributed by atoms with Crippen molar-refractivity contribution in [2.24, 2.45) is 0 Å². The maximum Gasteiger partial charge on any atom is 0.0340 e. The lowest BCUT2D eigenvalue weighted by Gasteiger charge is -2.04. The van der Waals surface area contributed by atoms with E-state index < -0.39 is 0 Å². The molecule has 1 aromatic rings. The van der Waals surface area contributed by atoms with Crippen LogP contribution >= 0.6 is 12.4 Å². The topological polar surface area (TPSA) is 24.1 Å². The lowest BCUT2D eigenvalue weighted by molar-refractivity contribution is 0.824. The minimum Gasteiger partial charge on any atom is -0.384 e. The zero-order chi connectivity index (χ0) is 7.94. The van der Waals surface area contributed by atoms with Gasteiger partial charge in [0, 0.05) is 18.8 Å². The van der Waals surface area contributed by atoms with Gasteiger partial charge in [0.25, 0.3) is 0 Å². The first-order valence-electron chi connectivity index (χ1n) is 3.87. The molecule has 0 fully saturated rings. The third kappa shape index (κ3) is 4.21. The molecule has 0 bridgehead atoms. The Labute approximate surface area is 79.8 Å². The largest absolute Gasteiger partial charge is 0.384 e. The summed E-state index contributed by atoms with van der Waals surface area (Å²) >= 11 is 0. The van der Waals surface area contributed by atoms with Crippen LogP contribution in [0.3, 0.4) is 0 Å². The van der Waals surface area contributed by atoms with Crippen LogP contribution in [0.2, 0.25) is 0 Å². The molecule has 12 heavy (non-hydrogen) atoms. The van der Waals surface area contributed by atoms with E-state index in [2.05, 4.69) is 22.8 Å². The number of benzene rings is 1. The summed E-state index contributed by atoms with van der Waals surface area (Å²) < 4.78 is 0. The van der Waals surface area contributed by atoms with Gasteiger partial charge in [-0.25, -0.2) is 0 Å². The van der Waals surface area contributed by atoms with Gasteiger partial charge in [0.2, 0.25) is 0 Å². The molecular weight excluding hydrogens is 172 g/mol. The van der Waals surface area contributed by atoms with Crippen LogP contribution in [0, 0.1) is 0 Å². The Bertz CT molecular complexity index is 189. The van der Waals surface area contributed by atoms with Crippen molar-refractivity contribution in [1.29, 1.82) is 0 Å². The Morgan fingerprint density at radius 3 is 2.33 bits per heavy atom. The van der Waals surface area contributed by atoms with Crippen LogP contribution in [0.15, 0.2) is 30.3 Å². The van der Waals surface area contributed by atoms with Gasteiger partial charge in [0.15, 0.2) is 0 Å². The molecule has 0 radical (unpaired) electrons. The van der Waals surface area contributed by atoms with E-state index in [-0.39, 0.29) is 12.4 Å². The van der Waals surface area contributed by atoms with Crippen LogP contribution in [0.25, 0.3) is 0 Å². The van der Waals surface area contributed by atoms with Crippen molar-refractivity contribution in [2.75, 3.05) is 25.5 Å². The van der Waals surface area contributed by atoms with Crippen molar-refractivity contribution in [3.05, 3.63) is 30.3 Å². The molecule has 0 aliphatic heterocycles. The van der Waals surface area contributed by atoms with Crippen molar-refractivity contribution < 1.29 is 0 Å². The maximum atomic E-state index is 3.28. The number of para-hydroxylation sites is 1. The average molecular weight is 187 g/mol. The van der Waals surface area contributed by atoms with Crippen molar-refractivity contribution in [2.45, 2.75) is 0 Å². The quantitative estimate of drug-likeness (QED) is 0.701. The van der Waals surface area contributed by atoms with E-state index in [4.69, 9.17) is 0 Å². The lowest BCUT2D eigenvalue weighted by atomic mass is 10.3. The minimum atomic E-state index is 0. The summed E-state index contributed by atoms with van der Waals surface area (Å²) in [6.45, 7) is 1.97. The van der Waals surface area contributed by atoms with Crippen molar-refractivity contribution >= 4 is 18.1 Å². The first-order valence-corrected chi connectivity index (χ1v) is 3.87. The van der Waals surface area contributed by atoms with Gasteiger partial charge in [-0.05, 0) is 19.2 Å². The molecule has 0 saturated heterocycles. The highest BCUT2D eigenvalue weighted by molar-refractivity contribution is 5.85. The molecule has 0 unspecified atom stereocenters. The number of rotatable bonds is 4. The van der Waals surface area contributed by atoms with Gasteiger partial charge in [-0.1, -0.05) is 18.2 Å². The Balaban J connectivity index is 0.00000121. The standard InChI is InChI=1S/C9H14N2.ClH/c1-10-7-8-11-9-5-3-2-4-6-9;/h2-6,10-11H,7-8H2,1H3;1H. The molecule has 2 N–H and O–H groups in total. The summed E-state index contributed by atoms with van der Waals surface area (Å²) in [7, 11) is 1.95. The second-order valence-corrected chi connectivity index (χ2v) is 2.40. The number of hydrogen-bond donors (Lipinski definition) is 2. The Hall–Kier alpha value is -0.730. The molecule has 0 atom stereocenters. The van der Waals surface area contributed by atoms with E-state index in [1.54, 1.807) is 0 Å². The smallest absolute Gasteiger partial charge is 0.0340 e. The van der Waals surface area contributed by atoms with E-state index in [1.165, 1.54) is 5.69 Å². The molecule has 0 saturated carbocycles. The molecule has 0 spiro atoms. The molecule has 1 aromatic carbocycles.